The summed E-state index contributed by atoms with van der Waals surface area (Å²) in [6.45, 7) is 4.45. The number of unbranched alkanes of at least 4 members (excludes halogenated alkanes) is 1. The fourth-order valence-corrected chi connectivity index (χ4v) is 2.39. The van der Waals surface area contributed by atoms with Gasteiger partial charge in [-0.1, -0.05) is 19.4 Å². The van der Waals surface area contributed by atoms with Crippen LogP contribution in [0.4, 0.5) is 11.4 Å². The highest BCUT2D eigenvalue weighted by Gasteiger charge is 2.04. The first-order chi connectivity index (χ1) is 12.3. The zero-order valence-electron chi connectivity index (χ0n) is 15.3. The predicted molar refractivity (Wildman–Crippen MR) is 103 cm³/mol. The van der Waals surface area contributed by atoms with Gasteiger partial charge in [0.05, 0.1) is 26.5 Å². The van der Waals surface area contributed by atoms with Crippen LogP contribution in [-0.2, 0) is 0 Å². The van der Waals surface area contributed by atoms with Crippen molar-refractivity contribution in [1.29, 1.82) is 0 Å². The lowest BCUT2D eigenvalue weighted by Gasteiger charge is -2.14. The molecule has 2 aromatic rings. The van der Waals surface area contributed by atoms with Crippen molar-refractivity contribution in [3.05, 3.63) is 42.5 Å². The smallest absolute Gasteiger partial charge is 0.142 e. The van der Waals surface area contributed by atoms with Gasteiger partial charge in [-0.2, -0.15) is 0 Å². The molecule has 0 aliphatic heterocycles. The average molecular weight is 344 g/mol. The van der Waals surface area contributed by atoms with Gasteiger partial charge in [-0.15, -0.1) is 0 Å². The molecular formula is C20H28N2O3. The van der Waals surface area contributed by atoms with Crippen molar-refractivity contribution in [3.63, 3.8) is 0 Å². The van der Waals surface area contributed by atoms with Crippen molar-refractivity contribution in [3.8, 4) is 17.2 Å². The number of hydrogen-bond acceptors (Lipinski definition) is 5. The van der Waals surface area contributed by atoms with Gasteiger partial charge < -0.3 is 24.8 Å². The van der Waals surface area contributed by atoms with Crippen LogP contribution in [0.15, 0.2) is 42.5 Å². The van der Waals surface area contributed by atoms with E-state index in [0.29, 0.717) is 0 Å². The van der Waals surface area contributed by atoms with E-state index < -0.39 is 0 Å². The number of anilines is 2. The van der Waals surface area contributed by atoms with Crippen LogP contribution in [0.1, 0.15) is 19.8 Å². The molecule has 136 valence electrons. The van der Waals surface area contributed by atoms with Gasteiger partial charge in [0.2, 0.25) is 0 Å². The highest BCUT2D eigenvalue weighted by Crippen LogP contribution is 2.28. The SMILES string of the molecule is CCCCOc1cccc(NCCNc2cc(OC)ccc2OC)c1. The highest BCUT2D eigenvalue weighted by molar-refractivity contribution is 5.60. The van der Waals surface area contributed by atoms with Crippen molar-refractivity contribution in [2.75, 3.05) is 44.5 Å². The molecule has 0 aliphatic carbocycles. The van der Waals surface area contributed by atoms with E-state index in [1.807, 2.05) is 42.5 Å². The first-order valence-electron chi connectivity index (χ1n) is 8.69. The topological polar surface area (TPSA) is 51.8 Å². The third kappa shape index (κ3) is 6.10. The van der Waals surface area contributed by atoms with Crippen molar-refractivity contribution >= 4 is 11.4 Å². The average Bonchev–Trinajstić information content (AvgIpc) is 2.65. The van der Waals surface area contributed by atoms with E-state index in [1.165, 1.54) is 0 Å². The van der Waals surface area contributed by atoms with Crippen LogP contribution in [0.3, 0.4) is 0 Å². The van der Waals surface area contributed by atoms with Crippen molar-refractivity contribution in [2.24, 2.45) is 0 Å². The third-order valence-electron chi connectivity index (χ3n) is 3.78. The van der Waals surface area contributed by atoms with Crippen LogP contribution in [-0.4, -0.2) is 33.9 Å². The van der Waals surface area contributed by atoms with Gasteiger partial charge in [0, 0.05) is 30.9 Å². The maximum Gasteiger partial charge on any atom is 0.142 e. The molecule has 2 N–H and O–H groups in total. The normalized spacial score (nSPS) is 10.2. The summed E-state index contributed by atoms with van der Waals surface area (Å²) in [5.41, 5.74) is 1.97. The van der Waals surface area contributed by atoms with E-state index in [9.17, 15) is 0 Å². The summed E-state index contributed by atoms with van der Waals surface area (Å²) in [6, 6.07) is 13.8. The maximum absolute atomic E-state index is 5.73. The molecule has 0 atom stereocenters. The van der Waals surface area contributed by atoms with E-state index in [0.717, 1.165) is 61.2 Å². The highest BCUT2D eigenvalue weighted by atomic mass is 16.5. The molecular weight excluding hydrogens is 316 g/mol. The largest absolute Gasteiger partial charge is 0.497 e. The standard InChI is InChI=1S/C20H28N2O3/c1-4-5-13-25-18-8-6-7-16(14-18)21-11-12-22-19-15-17(23-2)9-10-20(19)24-3/h6-10,14-15,21-22H,4-5,11-13H2,1-3H3. The van der Waals surface area contributed by atoms with Crippen LogP contribution in [0.25, 0.3) is 0 Å². The van der Waals surface area contributed by atoms with Gasteiger partial charge in [0.1, 0.15) is 17.2 Å². The van der Waals surface area contributed by atoms with E-state index in [2.05, 4.69) is 17.6 Å². The van der Waals surface area contributed by atoms with Crippen LogP contribution in [0.2, 0.25) is 0 Å². The van der Waals surface area contributed by atoms with E-state index in [1.54, 1.807) is 14.2 Å². The molecule has 0 saturated heterocycles. The maximum atomic E-state index is 5.73. The van der Waals surface area contributed by atoms with Gasteiger partial charge in [0.15, 0.2) is 0 Å². The van der Waals surface area contributed by atoms with Gasteiger partial charge in [0.25, 0.3) is 0 Å². The molecule has 0 bridgehead atoms. The number of rotatable bonds is 11. The Morgan fingerprint density at radius 3 is 2.48 bits per heavy atom. The van der Waals surface area contributed by atoms with Crippen molar-refractivity contribution in [2.45, 2.75) is 19.8 Å². The van der Waals surface area contributed by atoms with Gasteiger partial charge in [-0.3, -0.25) is 0 Å². The van der Waals surface area contributed by atoms with Crippen molar-refractivity contribution in [1.82, 2.24) is 0 Å². The summed E-state index contributed by atoms with van der Waals surface area (Å²) in [4.78, 5) is 0. The number of nitrogens with one attached hydrogen (secondary N) is 2. The summed E-state index contributed by atoms with van der Waals surface area (Å²) in [5, 5.41) is 6.76. The Balaban J connectivity index is 1.82. The van der Waals surface area contributed by atoms with Crippen molar-refractivity contribution < 1.29 is 14.2 Å². The molecule has 2 aromatic carbocycles. The minimum Gasteiger partial charge on any atom is -0.497 e. The first kappa shape index (κ1) is 18.8. The Labute approximate surface area is 150 Å². The summed E-state index contributed by atoms with van der Waals surface area (Å²) in [6.07, 6.45) is 2.21. The van der Waals surface area contributed by atoms with Crippen LogP contribution in [0, 0.1) is 0 Å². The molecule has 0 unspecified atom stereocenters. The summed E-state index contributed by atoms with van der Waals surface area (Å²) >= 11 is 0. The molecule has 2 rings (SSSR count). The molecule has 0 spiro atoms. The molecule has 0 aromatic heterocycles. The Morgan fingerprint density at radius 1 is 0.880 bits per heavy atom. The summed E-state index contributed by atoms with van der Waals surface area (Å²) in [5.74, 6) is 2.50. The van der Waals surface area contributed by atoms with E-state index in [-0.39, 0.29) is 0 Å². The zero-order valence-corrected chi connectivity index (χ0v) is 15.3. The van der Waals surface area contributed by atoms with E-state index >= 15 is 0 Å². The minimum atomic E-state index is 0.754. The number of methoxy groups -OCH3 is 2. The molecule has 5 nitrogen and oxygen atoms in total. The second-order valence-corrected chi connectivity index (χ2v) is 5.65. The summed E-state index contributed by atoms with van der Waals surface area (Å²) in [7, 11) is 3.32. The van der Waals surface area contributed by atoms with Crippen LogP contribution < -0.4 is 24.8 Å². The zero-order chi connectivity index (χ0) is 17.9. The second kappa shape index (κ2) is 10.3. The third-order valence-corrected chi connectivity index (χ3v) is 3.78. The Morgan fingerprint density at radius 2 is 1.72 bits per heavy atom. The number of ether oxygens (including phenoxy) is 3. The molecule has 25 heavy (non-hydrogen) atoms. The van der Waals surface area contributed by atoms with Gasteiger partial charge in [-0.25, -0.2) is 0 Å². The van der Waals surface area contributed by atoms with Gasteiger partial charge in [-0.05, 0) is 30.7 Å². The molecule has 0 heterocycles. The molecule has 0 aliphatic rings. The second-order valence-electron chi connectivity index (χ2n) is 5.65. The predicted octanol–water partition coefficient (Wildman–Crippen LogP) is 4.41. The fraction of sp³-hybridized carbons (Fsp3) is 0.400. The lowest BCUT2D eigenvalue weighted by atomic mass is 10.2. The molecule has 0 saturated carbocycles. The van der Waals surface area contributed by atoms with Gasteiger partial charge >= 0.3 is 0 Å². The first-order valence-corrected chi connectivity index (χ1v) is 8.69. The Kier molecular flexibility index (Phi) is 7.76. The fourth-order valence-electron chi connectivity index (χ4n) is 2.39. The van der Waals surface area contributed by atoms with E-state index in [4.69, 9.17) is 14.2 Å². The monoisotopic (exact) mass is 344 g/mol. The minimum absolute atomic E-state index is 0.754. The molecule has 5 heteroatoms. The van der Waals surface area contributed by atoms with Crippen LogP contribution >= 0.6 is 0 Å². The number of hydrogen-bond donors (Lipinski definition) is 2. The quantitative estimate of drug-likeness (QED) is 0.592. The molecule has 0 amide bonds. The number of benzene rings is 2. The summed E-state index contributed by atoms with van der Waals surface area (Å²) < 4.78 is 16.4. The molecule has 0 fully saturated rings. The Bertz CT molecular complexity index is 647. The Hall–Kier alpha value is -2.56. The lowest BCUT2D eigenvalue weighted by molar-refractivity contribution is 0.309. The van der Waals surface area contributed by atoms with Crippen LogP contribution in [0.5, 0.6) is 17.2 Å². The lowest BCUT2D eigenvalue weighted by Crippen LogP contribution is -2.14. The molecule has 0 radical (unpaired) electrons.